The summed E-state index contributed by atoms with van der Waals surface area (Å²) >= 11 is 6.14. The molecule has 0 saturated heterocycles. The van der Waals surface area contributed by atoms with Crippen molar-refractivity contribution in [2.75, 3.05) is 13.2 Å². The van der Waals surface area contributed by atoms with E-state index in [2.05, 4.69) is 4.98 Å². The highest BCUT2D eigenvalue weighted by atomic mass is 35.5. The summed E-state index contributed by atoms with van der Waals surface area (Å²) in [4.78, 5) is 28.7. The summed E-state index contributed by atoms with van der Waals surface area (Å²) in [6.07, 6.45) is 1.58. The molecule has 0 aliphatic heterocycles. The Morgan fingerprint density at radius 3 is 2.36 bits per heavy atom. The number of hydrogen-bond acceptors (Lipinski definition) is 5. The van der Waals surface area contributed by atoms with Crippen molar-refractivity contribution in [1.82, 2.24) is 4.98 Å². The molecule has 0 N–H and O–H groups in total. The number of carbonyl (C=O) groups excluding carboxylic acids is 2. The number of esters is 2. The second-order valence-electron chi connectivity index (χ2n) is 4.47. The van der Waals surface area contributed by atoms with E-state index < -0.39 is 17.9 Å². The molecule has 0 bridgehead atoms. The lowest BCUT2D eigenvalue weighted by molar-refractivity contribution is -0.156. The van der Waals surface area contributed by atoms with Crippen molar-refractivity contribution in [2.45, 2.75) is 19.8 Å². The number of aromatic nitrogens is 1. The first-order chi connectivity index (χ1) is 10.6. The number of pyridine rings is 1. The molecule has 2 aromatic rings. The third kappa shape index (κ3) is 3.20. The Balaban J connectivity index is 2.59. The highest BCUT2D eigenvalue weighted by Crippen LogP contribution is 2.30. The Labute approximate surface area is 133 Å². The van der Waals surface area contributed by atoms with Gasteiger partial charge in [0.25, 0.3) is 0 Å². The van der Waals surface area contributed by atoms with Crippen molar-refractivity contribution in [3.05, 3.63) is 41.0 Å². The summed E-state index contributed by atoms with van der Waals surface area (Å²) < 4.78 is 10.0. The van der Waals surface area contributed by atoms with Gasteiger partial charge in [-0.25, -0.2) is 0 Å². The number of benzene rings is 1. The smallest absolute Gasteiger partial charge is 0.324 e. The van der Waals surface area contributed by atoms with Crippen LogP contribution in [0.1, 0.15) is 25.3 Å². The number of fused-ring (bicyclic) bond motifs is 1. The van der Waals surface area contributed by atoms with Gasteiger partial charge in [0, 0.05) is 22.2 Å². The van der Waals surface area contributed by atoms with E-state index >= 15 is 0 Å². The van der Waals surface area contributed by atoms with Gasteiger partial charge in [-0.05, 0) is 32.0 Å². The van der Waals surface area contributed by atoms with Crippen molar-refractivity contribution in [1.29, 1.82) is 0 Å². The molecule has 2 rings (SSSR count). The molecule has 1 aromatic heterocycles. The molecular weight excluding hydrogens is 306 g/mol. The van der Waals surface area contributed by atoms with Crippen LogP contribution in [0.25, 0.3) is 10.9 Å². The Morgan fingerprint density at radius 1 is 1.14 bits per heavy atom. The molecule has 1 heterocycles. The molecule has 0 radical (unpaired) electrons. The number of ether oxygens (including phenoxy) is 2. The molecule has 0 aliphatic rings. The van der Waals surface area contributed by atoms with Crippen LogP contribution in [0, 0.1) is 0 Å². The number of halogens is 1. The van der Waals surface area contributed by atoms with E-state index in [0.29, 0.717) is 21.5 Å². The van der Waals surface area contributed by atoms with E-state index in [1.54, 1.807) is 44.3 Å². The zero-order valence-electron chi connectivity index (χ0n) is 12.3. The summed E-state index contributed by atoms with van der Waals surface area (Å²) in [5, 5.41) is 1.17. The van der Waals surface area contributed by atoms with Gasteiger partial charge in [-0.3, -0.25) is 14.6 Å². The van der Waals surface area contributed by atoms with Crippen LogP contribution >= 0.6 is 11.6 Å². The Hall–Kier alpha value is -2.14. The topological polar surface area (TPSA) is 65.5 Å². The monoisotopic (exact) mass is 321 g/mol. The van der Waals surface area contributed by atoms with Gasteiger partial charge < -0.3 is 9.47 Å². The normalized spacial score (nSPS) is 10.7. The molecule has 0 unspecified atom stereocenters. The van der Waals surface area contributed by atoms with Gasteiger partial charge in [-0.15, -0.1) is 0 Å². The van der Waals surface area contributed by atoms with Gasteiger partial charge in [0.2, 0.25) is 0 Å². The van der Waals surface area contributed by atoms with Crippen LogP contribution in [0.15, 0.2) is 30.5 Å². The fourth-order valence-electron chi connectivity index (χ4n) is 2.19. The second-order valence-corrected chi connectivity index (χ2v) is 4.88. The average molecular weight is 322 g/mol. The average Bonchev–Trinajstić information content (AvgIpc) is 2.51. The lowest BCUT2D eigenvalue weighted by Crippen LogP contribution is -2.26. The standard InChI is InChI=1S/C16H16ClNO4/c1-3-21-15(19)13(16(20)22-4-2)11-7-8-12(17)10-6-5-9-18-14(10)11/h5-9,13H,3-4H2,1-2H3. The molecule has 22 heavy (non-hydrogen) atoms. The Kier molecular flexibility index (Phi) is 5.33. The predicted molar refractivity (Wildman–Crippen MR) is 82.8 cm³/mol. The first-order valence-corrected chi connectivity index (χ1v) is 7.34. The maximum atomic E-state index is 12.2. The predicted octanol–water partition coefficient (Wildman–Crippen LogP) is 3.10. The highest BCUT2D eigenvalue weighted by molar-refractivity contribution is 6.35. The molecule has 5 nitrogen and oxygen atoms in total. The van der Waals surface area contributed by atoms with E-state index in [1.165, 1.54) is 0 Å². The summed E-state index contributed by atoms with van der Waals surface area (Å²) in [5.74, 6) is -2.49. The molecule has 0 atom stereocenters. The molecule has 6 heteroatoms. The van der Waals surface area contributed by atoms with Gasteiger partial charge in [0.05, 0.1) is 18.7 Å². The number of hydrogen-bond donors (Lipinski definition) is 0. The van der Waals surface area contributed by atoms with Crippen molar-refractivity contribution < 1.29 is 19.1 Å². The maximum Gasteiger partial charge on any atom is 0.324 e. The van der Waals surface area contributed by atoms with E-state index in [1.807, 2.05) is 0 Å². The summed E-state index contributed by atoms with van der Waals surface area (Å²) in [6, 6.07) is 6.76. The minimum absolute atomic E-state index is 0.174. The lowest BCUT2D eigenvalue weighted by atomic mass is 9.96. The van der Waals surface area contributed by atoms with Crippen molar-refractivity contribution in [3.8, 4) is 0 Å². The third-order valence-electron chi connectivity index (χ3n) is 3.10. The van der Waals surface area contributed by atoms with Crippen LogP contribution in [0.3, 0.4) is 0 Å². The number of nitrogens with zero attached hydrogens (tertiary/aromatic N) is 1. The fraction of sp³-hybridized carbons (Fsp3) is 0.312. The van der Waals surface area contributed by atoms with E-state index in [0.717, 1.165) is 0 Å². The van der Waals surface area contributed by atoms with E-state index in [9.17, 15) is 9.59 Å². The highest BCUT2D eigenvalue weighted by Gasteiger charge is 2.33. The van der Waals surface area contributed by atoms with Crippen molar-refractivity contribution >= 4 is 34.4 Å². The molecule has 0 saturated carbocycles. The van der Waals surface area contributed by atoms with Crippen LogP contribution in [-0.4, -0.2) is 30.1 Å². The Morgan fingerprint density at radius 2 is 1.77 bits per heavy atom. The van der Waals surface area contributed by atoms with Crippen molar-refractivity contribution in [2.24, 2.45) is 0 Å². The van der Waals surface area contributed by atoms with Crippen LogP contribution in [0.2, 0.25) is 5.02 Å². The van der Waals surface area contributed by atoms with Gasteiger partial charge in [-0.1, -0.05) is 17.7 Å². The summed E-state index contributed by atoms with van der Waals surface area (Å²) in [7, 11) is 0. The quantitative estimate of drug-likeness (QED) is 0.625. The van der Waals surface area contributed by atoms with Crippen molar-refractivity contribution in [3.63, 3.8) is 0 Å². The molecule has 0 amide bonds. The largest absolute Gasteiger partial charge is 0.465 e. The van der Waals surface area contributed by atoms with Gasteiger partial charge in [0.15, 0.2) is 5.92 Å². The number of rotatable bonds is 5. The molecule has 0 spiro atoms. The van der Waals surface area contributed by atoms with Crippen LogP contribution < -0.4 is 0 Å². The minimum Gasteiger partial charge on any atom is -0.465 e. The van der Waals surface area contributed by atoms with Crippen LogP contribution in [0.5, 0.6) is 0 Å². The molecule has 0 aliphatic carbocycles. The lowest BCUT2D eigenvalue weighted by Gasteiger charge is -2.16. The van der Waals surface area contributed by atoms with Gasteiger partial charge in [-0.2, -0.15) is 0 Å². The third-order valence-corrected chi connectivity index (χ3v) is 3.43. The van der Waals surface area contributed by atoms with Gasteiger partial charge >= 0.3 is 11.9 Å². The van der Waals surface area contributed by atoms with Crippen LogP contribution in [-0.2, 0) is 19.1 Å². The van der Waals surface area contributed by atoms with Crippen LogP contribution in [0.4, 0.5) is 0 Å². The molecular formula is C16H16ClNO4. The summed E-state index contributed by atoms with van der Waals surface area (Å²) in [6.45, 7) is 3.71. The van der Waals surface area contributed by atoms with Gasteiger partial charge in [0.1, 0.15) is 0 Å². The second kappa shape index (κ2) is 7.22. The zero-order valence-corrected chi connectivity index (χ0v) is 13.1. The summed E-state index contributed by atoms with van der Waals surface area (Å²) in [5.41, 5.74) is 0.915. The van der Waals surface area contributed by atoms with E-state index in [4.69, 9.17) is 21.1 Å². The fourth-order valence-corrected chi connectivity index (χ4v) is 2.41. The SMILES string of the molecule is CCOC(=O)C(C(=O)OCC)c1ccc(Cl)c2cccnc12. The zero-order chi connectivity index (χ0) is 16.1. The minimum atomic E-state index is -1.17. The maximum absolute atomic E-state index is 12.2. The first-order valence-electron chi connectivity index (χ1n) is 6.96. The molecule has 116 valence electrons. The van der Waals surface area contributed by atoms with E-state index in [-0.39, 0.29) is 13.2 Å². The molecule has 1 aromatic carbocycles. The first kappa shape index (κ1) is 16.2. The molecule has 0 fully saturated rings. The Bertz CT molecular complexity index is 684. The number of carbonyl (C=O) groups is 2.